The minimum atomic E-state index is -0.261. The molecule has 1 atom stereocenters. The first kappa shape index (κ1) is 18.2. The number of hydrogen-bond donors (Lipinski definition) is 0. The molecule has 0 N–H and O–H groups in total. The minimum absolute atomic E-state index is 0.166. The Morgan fingerprint density at radius 3 is 2.19 bits per heavy atom. The van der Waals surface area contributed by atoms with E-state index < -0.39 is 0 Å². The molecule has 0 spiro atoms. The molecule has 1 unspecified atom stereocenters. The van der Waals surface area contributed by atoms with Gasteiger partial charge in [-0.1, -0.05) is 45.9 Å². The van der Waals surface area contributed by atoms with E-state index in [1.165, 1.54) is 4.90 Å². The summed E-state index contributed by atoms with van der Waals surface area (Å²) >= 11 is 0. The van der Waals surface area contributed by atoms with Gasteiger partial charge in [-0.2, -0.15) is 0 Å². The van der Waals surface area contributed by atoms with Crippen LogP contribution < -0.4 is 0 Å². The van der Waals surface area contributed by atoms with Crippen LogP contribution in [0.2, 0.25) is 0 Å². The van der Waals surface area contributed by atoms with Crippen molar-refractivity contribution in [3.05, 3.63) is 65.6 Å². The molecule has 0 radical (unpaired) electrons. The van der Waals surface area contributed by atoms with Gasteiger partial charge in [0.25, 0.3) is 11.8 Å². The first-order valence-corrected chi connectivity index (χ1v) is 9.19. The van der Waals surface area contributed by atoms with E-state index in [2.05, 4.69) is 19.9 Å². The molecule has 1 aliphatic carbocycles. The zero-order valence-electron chi connectivity index (χ0n) is 15.8. The summed E-state index contributed by atoms with van der Waals surface area (Å²) in [6.07, 6.45) is 7.24. The Morgan fingerprint density at radius 1 is 1.04 bits per heavy atom. The van der Waals surface area contributed by atoms with E-state index >= 15 is 0 Å². The van der Waals surface area contributed by atoms with E-state index in [1.807, 2.05) is 19.9 Å². The van der Waals surface area contributed by atoms with E-state index in [9.17, 15) is 9.59 Å². The molecule has 0 saturated carbocycles. The van der Waals surface area contributed by atoms with Crippen molar-refractivity contribution in [3.63, 3.8) is 0 Å². The number of carbonyl (C=O) groups is 2. The first-order chi connectivity index (χ1) is 12.5. The highest BCUT2D eigenvalue weighted by Gasteiger charge is 2.46. The average molecular weight is 351 g/mol. The maximum absolute atomic E-state index is 12.8. The number of nitrogens with zero attached hydrogens (tertiary/aromatic N) is 1. The lowest BCUT2D eigenvalue weighted by Crippen LogP contribution is -2.48. The van der Waals surface area contributed by atoms with Crippen LogP contribution in [0.3, 0.4) is 0 Å². The molecule has 2 aromatic rings. The molecule has 136 valence electrons. The van der Waals surface area contributed by atoms with Crippen molar-refractivity contribution < 1.29 is 14.0 Å². The van der Waals surface area contributed by atoms with E-state index in [0.29, 0.717) is 11.1 Å². The van der Waals surface area contributed by atoms with Gasteiger partial charge < -0.3 is 4.42 Å². The summed E-state index contributed by atoms with van der Waals surface area (Å²) in [7, 11) is 0. The summed E-state index contributed by atoms with van der Waals surface area (Å²) in [4.78, 5) is 27.1. The Balaban J connectivity index is 0.000000948. The van der Waals surface area contributed by atoms with E-state index in [4.69, 9.17) is 4.42 Å². The van der Waals surface area contributed by atoms with Crippen LogP contribution in [-0.2, 0) is 0 Å². The van der Waals surface area contributed by atoms with Crippen molar-refractivity contribution in [2.45, 2.75) is 46.6 Å². The highest BCUT2D eigenvalue weighted by molar-refractivity contribution is 6.21. The highest BCUT2D eigenvalue weighted by atomic mass is 16.3. The fraction of sp³-hybridized carbons (Fsp3) is 0.364. The van der Waals surface area contributed by atoms with Gasteiger partial charge in [0, 0.05) is 5.56 Å². The van der Waals surface area contributed by atoms with Gasteiger partial charge in [-0.25, -0.2) is 0 Å². The number of fused-ring (bicyclic) bond motifs is 1. The number of carbonyl (C=O) groups excluding carboxylic acids is 2. The zero-order valence-corrected chi connectivity index (χ0v) is 15.8. The molecule has 0 fully saturated rings. The Labute approximate surface area is 154 Å². The average Bonchev–Trinajstić information content (AvgIpc) is 3.26. The third-order valence-electron chi connectivity index (χ3n) is 5.19. The van der Waals surface area contributed by atoms with Crippen molar-refractivity contribution in [1.29, 1.82) is 0 Å². The smallest absolute Gasteiger partial charge is 0.262 e. The van der Waals surface area contributed by atoms with Crippen molar-refractivity contribution in [2.24, 2.45) is 5.41 Å². The molecule has 1 aromatic heterocycles. The molecule has 26 heavy (non-hydrogen) atoms. The van der Waals surface area contributed by atoms with Crippen LogP contribution in [0.15, 0.2) is 53.4 Å². The van der Waals surface area contributed by atoms with E-state index in [-0.39, 0.29) is 23.3 Å². The molecule has 0 bridgehead atoms. The molecule has 2 amide bonds. The van der Waals surface area contributed by atoms with Crippen LogP contribution in [0.4, 0.5) is 0 Å². The predicted molar refractivity (Wildman–Crippen MR) is 102 cm³/mol. The van der Waals surface area contributed by atoms with Crippen LogP contribution in [0.5, 0.6) is 0 Å². The third kappa shape index (κ3) is 2.90. The largest absolute Gasteiger partial charge is 0.472 e. The number of furan rings is 1. The number of amides is 2. The van der Waals surface area contributed by atoms with Crippen molar-refractivity contribution >= 4 is 17.4 Å². The SMILES string of the molecule is CC.CC1(C)CCC(c2ccoc2)=CC1N1C(=O)c2ccccc2C1=O. The van der Waals surface area contributed by atoms with Crippen molar-refractivity contribution in [3.8, 4) is 0 Å². The second kappa shape index (κ2) is 6.94. The van der Waals surface area contributed by atoms with Crippen molar-refractivity contribution in [1.82, 2.24) is 4.90 Å². The van der Waals surface area contributed by atoms with Gasteiger partial charge in [0.05, 0.1) is 29.7 Å². The summed E-state index contributed by atoms with van der Waals surface area (Å²) in [6, 6.07) is 8.71. The Morgan fingerprint density at radius 2 is 1.65 bits per heavy atom. The van der Waals surface area contributed by atoms with Gasteiger partial charge in [0.15, 0.2) is 0 Å². The molecular formula is C22H25NO3. The summed E-state index contributed by atoms with van der Waals surface area (Å²) < 4.78 is 5.19. The summed E-state index contributed by atoms with van der Waals surface area (Å²) in [5.41, 5.74) is 2.99. The quantitative estimate of drug-likeness (QED) is 0.701. The molecule has 1 aromatic carbocycles. The van der Waals surface area contributed by atoms with Gasteiger partial charge in [0.1, 0.15) is 0 Å². The maximum atomic E-state index is 12.8. The van der Waals surface area contributed by atoms with Crippen LogP contribution in [0.1, 0.15) is 66.8 Å². The monoisotopic (exact) mass is 351 g/mol. The summed E-state index contributed by atoms with van der Waals surface area (Å²) in [5, 5.41) is 0. The molecule has 2 heterocycles. The number of imide groups is 1. The second-order valence-corrected chi connectivity index (χ2v) is 7.16. The lowest BCUT2D eigenvalue weighted by atomic mass is 9.73. The maximum Gasteiger partial charge on any atom is 0.262 e. The second-order valence-electron chi connectivity index (χ2n) is 7.16. The number of benzene rings is 1. The van der Waals surface area contributed by atoms with Crippen LogP contribution in [0, 0.1) is 5.41 Å². The van der Waals surface area contributed by atoms with Crippen LogP contribution in [0.25, 0.3) is 5.57 Å². The van der Waals surface area contributed by atoms with Gasteiger partial charge >= 0.3 is 0 Å². The number of rotatable bonds is 2. The lowest BCUT2D eigenvalue weighted by molar-refractivity contribution is 0.0488. The summed E-state index contributed by atoms with van der Waals surface area (Å²) in [5.74, 6) is -0.392. The Bertz CT molecular complexity index is 811. The minimum Gasteiger partial charge on any atom is -0.472 e. The predicted octanol–water partition coefficient (Wildman–Crippen LogP) is 5.17. The van der Waals surface area contributed by atoms with Gasteiger partial charge in [-0.05, 0) is 42.0 Å². The standard InChI is InChI=1S/C20H19NO3.C2H6/c1-20(2)9-7-13(14-8-10-24-12-14)11-17(20)21-18(22)15-5-3-4-6-16(15)19(21)23;1-2/h3-6,8,10-12,17H,7,9H2,1-2H3;1-2H3. The number of allylic oxidation sites excluding steroid dienone is 1. The van der Waals surface area contributed by atoms with E-state index in [1.54, 1.807) is 36.8 Å². The molecule has 1 aliphatic heterocycles. The first-order valence-electron chi connectivity index (χ1n) is 9.19. The highest BCUT2D eigenvalue weighted by Crippen LogP contribution is 2.43. The molecule has 0 saturated heterocycles. The third-order valence-corrected chi connectivity index (χ3v) is 5.19. The molecule has 2 aliphatic rings. The van der Waals surface area contributed by atoms with E-state index in [0.717, 1.165) is 24.0 Å². The van der Waals surface area contributed by atoms with Crippen LogP contribution in [-0.4, -0.2) is 22.8 Å². The Hall–Kier alpha value is -2.62. The molecule has 4 nitrogen and oxygen atoms in total. The molecule has 4 heteroatoms. The van der Waals surface area contributed by atoms with Crippen molar-refractivity contribution in [2.75, 3.05) is 0 Å². The van der Waals surface area contributed by atoms with Gasteiger partial charge in [-0.15, -0.1) is 0 Å². The Kier molecular flexibility index (Phi) is 4.86. The van der Waals surface area contributed by atoms with Gasteiger partial charge in [0.2, 0.25) is 0 Å². The van der Waals surface area contributed by atoms with Crippen LogP contribution >= 0.6 is 0 Å². The molecule has 4 rings (SSSR count). The fourth-order valence-electron chi connectivity index (χ4n) is 3.68. The molecular weight excluding hydrogens is 326 g/mol. The number of hydrogen-bond acceptors (Lipinski definition) is 3. The fourth-order valence-corrected chi connectivity index (χ4v) is 3.68. The lowest BCUT2D eigenvalue weighted by Gasteiger charge is -2.41. The summed E-state index contributed by atoms with van der Waals surface area (Å²) in [6.45, 7) is 8.23. The zero-order chi connectivity index (χ0) is 18.9. The topological polar surface area (TPSA) is 50.5 Å². The normalized spacial score (nSPS) is 21.0. The van der Waals surface area contributed by atoms with Gasteiger partial charge in [-0.3, -0.25) is 14.5 Å².